The largest absolute Gasteiger partial charge is 0.323 e. The molecule has 0 atom stereocenters. The van der Waals surface area contributed by atoms with Gasteiger partial charge in [-0.05, 0) is 23.8 Å². The van der Waals surface area contributed by atoms with Crippen LogP contribution >= 0.6 is 11.6 Å². The molecule has 4 rings (SSSR count). The van der Waals surface area contributed by atoms with Crippen LogP contribution in [0.1, 0.15) is 0 Å². The first kappa shape index (κ1) is 16.0. The smallest absolute Gasteiger partial charge is 0.287 e. The average molecular weight is 366 g/mol. The van der Waals surface area contributed by atoms with Crippen LogP contribution in [-0.2, 0) is 0 Å². The number of aromatic amines is 1. The molecule has 0 unspecified atom stereocenters. The standard InChI is InChI=1S/C18H12ClN5O2/c19-15-9-16-14(8-13(15)11-4-2-1-3-5-11)18(23-22-16)21-17-7-6-12(10-20-17)24(25)26/h1-10H,(H2,20,21,22,23). The summed E-state index contributed by atoms with van der Waals surface area (Å²) in [6.07, 6.45) is 1.20. The first-order valence-electron chi connectivity index (χ1n) is 7.72. The quantitative estimate of drug-likeness (QED) is 0.394. The molecule has 0 saturated carbocycles. The number of nitrogens with zero attached hydrogens (tertiary/aromatic N) is 3. The van der Waals surface area contributed by atoms with E-state index in [-0.39, 0.29) is 5.69 Å². The maximum atomic E-state index is 10.7. The lowest BCUT2D eigenvalue weighted by Crippen LogP contribution is -1.95. The van der Waals surface area contributed by atoms with Crippen LogP contribution in [0.25, 0.3) is 22.0 Å². The number of anilines is 2. The first-order chi connectivity index (χ1) is 12.6. The summed E-state index contributed by atoms with van der Waals surface area (Å²) in [5, 5.41) is 22.4. The van der Waals surface area contributed by atoms with Crippen LogP contribution in [0.3, 0.4) is 0 Å². The minimum atomic E-state index is -0.491. The Bertz CT molecular complexity index is 1090. The molecule has 128 valence electrons. The molecule has 2 aromatic heterocycles. The van der Waals surface area contributed by atoms with Crippen LogP contribution in [0.5, 0.6) is 0 Å². The molecule has 0 spiro atoms. The summed E-state index contributed by atoms with van der Waals surface area (Å²) in [7, 11) is 0. The zero-order valence-electron chi connectivity index (χ0n) is 13.3. The van der Waals surface area contributed by atoms with Crippen molar-refractivity contribution in [2.24, 2.45) is 0 Å². The van der Waals surface area contributed by atoms with E-state index in [4.69, 9.17) is 11.6 Å². The fraction of sp³-hybridized carbons (Fsp3) is 0. The number of halogens is 1. The van der Waals surface area contributed by atoms with Crippen molar-refractivity contribution >= 4 is 39.8 Å². The van der Waals surface area contributed by atoms with Crippen LogP contribution in [0.15, 0.2) is 60.8 Å². The minimum Gasteiger partial charge on any atom is -0.323 e. The first-order valence-corrected chi connectivity index (χ1v) is 8.10. The van der Waals surface area contributed by atoms with Crippen molar-refractivity contribution in [1.29, 1.82) is 0 Å². The van der Waals surface area contributed by atoms with Gasteiger partial charge < -0.3 is 5.32 Å². The van der Waals surface area contributed by atoms with Gasteiger partial charge in [-0.2, -0.15) is 5.10 Å². The summed E-state index contributed by atoms with van der Waals surface area (Å²) in [5.41, 5.74) is 2.60. The number of benzene rings is 2. The summed E-state index contributed by atoms with van der Waals surface area (Å²) >= 11 is 6.41. The molecule has 0 aliphatic heterocycles. The highest BCUT2D eigenvalue weighted by Crippen LogP contribution is 2.34. The van der Waals surface area contributed by atoms with Gasteiger partial charge in [-0.15, -0.1) is 0 Å². The lowest BCUT2D eigenvalue weighted by atomic mass is 10.0. The van der Waals surface area contributed by atoms with Gasteiger partial charge in [-0.1, -0.05) is 41.9 Å². The topological polar surface area (TPSA) is 96.7 Å². The summed E-state index contributed by atoms with van der Waals surface area (Å²) in [4.78, 5) is 14.3. The zero-order chi connectivity index (χ0) is 18.1. The molecule has 2 heterocycles. The second-order valence-electron chi connectivity index (χ2n) is 5.60. The molecular formula is C18H12ClN5O2. The Labute approximate surface area is 152 Å². The molecule has 8 heteroatoms. The molecule has 0 saturated heterocycles. The predicted molar refractivity (Wildman–Crippen MR) is 101 cm³/mol. The maximum Gasteiger partial charge on any atom is 0.287 e. The van der Waals surface area contributed by atoms with E-state index < -0.39 is 4.92 Å². The molecule has 0 bridgehead atoms. The molecule has 2 aromatic carbocycles. The lowest BCUT2D eigenvalue weighted by Gasteiger charge is -2.06. The minimum absolute atomic E-state index is 0.0689. The van der Waals surface area contributed by atoms with E-state index in [0.29, 0.717) is 16.7 Å². The molecule has 4 aromatic rings. The van der Waals surface area contributed by atoms with Crippen molar-refractivity contribution in [2.75, 3.05) is 5.32 Å². The van der Waals surface area contributed by atoms with Crippen LogP contribution in [-0.4, -0.2) is 20.1 Å². The van der Waals surface area contributed by atoms with Gasteiger partial charge in [0.2, 0.25) is 0 Å². The fourth-order valence-corrected chi connectivity index (χ4v) is 2.93. The van der Waals surface area contributed by atoms with Crippen molar-refractivity contribution in [1.82, 2.24) is 15.2 Å². The zero-order valence-corrected chi connectivity index (χ0v) is 14.1. The molecular weight excluding hydrogens is 354 g/mol. The van der Waals surface area contributed by atoms with E-state index in [1.807, 2.05) is 42.5 Å². The molecule has 2 N–H and O–H groups in total. The van der Waals surface area contributed by atoms with Crippen LogP contribution in [0.2, 0.25) is 5.02 Å². The normalized spacial score (nSPS) is 10.8. The number of fused-ring (bicyclic) bond motifs is 1. The molecule has 7 nitrogen and oxygen atoms in total. The number of nitrogens with one attached hydrogen (secondary N) is 2. The van der Waals surface area contributed by atoms with Crippen molar-refractivity contribution in [2.45, 2.75) is 0 Å². The summed E-state index contributed by atoms with van der Waals surface area (Å²) in [6.45, 7) is 0. The van der Waals surface area contributed by atoms with Crippen LogP contribution in [0.4, 0.5) is 17.3 Å². The number of pyridine rings is 1. The Morgan fingerprint density at radius 3 is 2.62 bits per heavy atom. The molecule has 0 amide bonds. The highest BCUT2D eigenvalue weighted by molar-refractivity contribution is 6.34. The van der Waals surface area contributed by atoms with Gasteiger partial charge in [-0.3, -0.25) is 15.2 Å². The Balaban J connectivity index is 1.73. The Hall–Kier alpha value is -3.45. The molecule has 0 aliphatic carbocycles. The van der Waals surface area contributed by atoms with Gasteiger partial charge in [0.05, 0.1) is 15.5 Å². The van der Waals surface area contributed by atoms with E-state index >= 15 is 0 Å². The van der Waals surface area contributed by atoms with Crippen molar-refractivity contribution in [3.63, 3.8) is 0 Å². The number of aromatic nitrogens is 3. The molecule has 0 fully saturated rings. The van der Waals surface area contributed by atoms with Gasteiger partial charge in [-0.25, -0.2) is 4.98 Å². The van der Waals surface area contributed by atoms with Crippen LogP contribution in [0, 0.1) is 10.1 Å². The van der Waals surface area contributed by atoms with Gasteiger partial charge in [0.1, 0.15) is 12.0 Å². The second kappa shape index (κ2) is 6.45. The summed E-state index contributed by atoms with van der Waals surface area (Å²) in [6, 6.07) is 16.5. The fourth-order valence-electron chi connectivity index (χ4n) is 2.66. The maximum absolute atomic E-state index is 10.7. The van der Waals surface area contributed by atoms with Crippen molar-refractivity contribution in [3.05, 3.63) is 75.9 Å². The van der Waals surface area contributed by atoms with Crippen molar-refractivity contribution < 1.29 is 4.92 Å². The number of rotatable bonds is 4. The van der Waals surface area contributed by atoms with Gasteiger partial charge in [0.25, 0.3) is 5.69 Å². The van der Waals surface area contributed by atoms with E-state index in [2.05, 4.69) is 20.5 Å². The number of H-pyrrole nitrogens is 1. The average Bonchev–Trinajstić information content (AvgIpc) is 3.03. The van der Waals surface area contributed by atoms with Gasteiger partial charge in [0, 0.05) is 17.0 Å². The lowest BCUT2D eigenvalue weighted by molar-refractivity contribution is -0.385. The van der Waals surface area contributed by atoms with Crippen molar-refractivity contribution in [3.8, 4) is 11.1 Å². The SMILES string of the molecule is O=[N+]([O-])c1ccc(Nc2n[nH]c3cc(Cl)c(-c4ccccc4)cc23)nc1. The van der Waals surface area contributed by atoms with Crippen LogP contribution < -0.4 is 5.32 Å². The number of hydrogen-bond acceptors (Lipinski definition) is 5. The summed E-state index contributed by atoms with van der Waals surface area (Å²) in [5.74, 6) is 1.02. The monoisotopic (exact) mass is 365 g/mol. The second-order valence-corrected chi connectivity index (χ2v) is 6.01. The third-order valence-corrected chi connectivity index (χ3v) is 4.25. The van der Waals surface area contributed by atoms with E-state index in [1.54, 1.807) is 0 Å². The van der Waals surface area contributed by atoms with E-state index in [0.717, 1.165) is 22.0 Å². The molecule has 0 radical (unpaired) electrons. The van der Waals surface area contributed by atoms with Gasteiger partial charge in [0.15, 0.2) is 5.82 Å². The molecule has 0 aliphatic rings. The van der Waals surface area contributed by atoms with E-state index in [9.17, 15) is 10.1 Å². The Morgan fingerprint density at radius 2 is 1.92 bits per heavy atom. The molecule has 26 heavy (non-hydrogen) atoms. The number of nitro groups is 1. The van der Waals surface area contributed by atoms with Gasteiger partial charge >= 0.3 is 0 Å². The number of hydrogen-bond donors (Lipinski definition) is 2. The highest BCUT2D eigenvalue weighted by Gasteiger charge is 2.12. The third kappa shape index (κ3) is 2.96. The van der Waals surface area contributed by atoms with E-state index in [1.165, 1.54) is 18.3 Å². The Kier molecular flexibility index (Phi) is 3.98. The Morgan fingerprint density at radius 1 is 1.12 bits per heavy atom. The third-order valence-electron chi connectivity index (χ3n) is 3.94. The summed E-state index contributed by atoms with van der Waals surface area (Å²) < 4.78 is 0. The predicted octanol–water partition coefficient (Wildman–Crippen LogP) is 4.93. The highest BCUT2D eigenvalue weighted by atomic mass is 35.5.